The van der Waals surface area contributed by atoms with Crippen molar-refractivity contribution in [1.29, 1.82) is 0 Å². The van der Waals surface area contributed by atoms with E-state index in [-0.39, 0.29) is 5.82 Å². The van der Waals surface area contributed by atoms with Gasteiger partial charge >= 0.3 is 0 Å². The Labute approximate surface area is 127 Å². The molecular formula is C16H14FN3S. The fourth-order valence-electron chi connectivity index (χ4n) is 1.98. The molecular weight excluding hydrogens is 285 g/mol. The first-order valence-electron chi connectivity index (χ1n) is 6.57. The van der Waals surface area contributed by atoms with E-state index in [1.54, 1.807) is 23.9 Å². The fraction of sp³-hybridized carbons (Fsp3) is 0.125. The van der Waals surface area contributed by atoms with Gasteiger partial charge in [-0.15, -0.1) is 0 Å². The summed E-state index contributed by atoms with van der Waals surface area (Å²) < 4.78 is 12.9. The molecule has 1 heterocycles. The highest BCUT2D eigenvalue weighted by Crippen LogP contribution is 2.19. The Bertz CT molecular complexity index is 708. The quantitative estimate of drug-likeness (QED) is 0.914. The van der Waals surface area contributed by atoms with Gasteiger partial charge in [0.15, 0.2) is 5.17 Å². The average Bonchev–Trinajstić information content (AvgIpc) is 2.49. The van der Waals surface area contributed by atoms with Gasteiger partial charge in [-0.25, -0.2) is 9.38 Å². The van der Waals surface area contributed by atoms with Crippen LogP contribution in [0.4, 0.5) is 10.1 Å². The van der Waals surface area contributed by atoms with Gasteiger partial charge in [0.1, 0.15) is 5.82 Å². The van der Waals surface area contributed by atoms with Crippen molar-refractivity contribution in [3.63, 3.8) is 0 Å². The number of aryl methyl sites for hydroxylation is 1. The highest BCUT2D eigenvalue weighted by atomic mass is 32.2. The van der Waals surface area contributed by atoms with Crippen molar-refractivity contribution in [2.45, 2.75) is 6.92 Å². The monoisotopic (exact) mass is 299 g/mol. The van der Waals surface area contributed by atoms with Gasteiger partial charge in [0.2, 0.25) is 0 Å². The molecule has 3 nitrogen and oxygen atoms in total. The van der Waals surface area contributed by atoms with Crippen LogP contribution < -0.4 is 5.43 Å². The van der Waals surface area contributed by atoms with Crippen LogP contribution in [-0.2, 0) is 0 Å². The van der Waals surface area contributed by atoms with Gasteiger partial charge in [-0.05, 0) is 42.3 Å². The second kappa shape index (κ2) is 6.10. The normalized spacial score (nSPS) is 16.5. The highest BCUT2D eigenvalue weighted by molar-refractivity contribution is 8.14. The van der Waals surface area contributed by atoms with Crippen LogP contribution in [0.2, 0.25) is 0 Å². The molecule has 0 atom stereocenters. The van der Waals surface area contributed by atoms with E-state index in [1.807, 2.05) is 31.2 Å². The van der Waals surface area contributed by atoms with Gasteiger partial charge in [-0.1, -0.05) is 36.0 Å². The Morgan fingerprint density at radius 2 is 2.00 bits per heavy atom. The number of thioether (sulfide) groups is 1. The van der Waals surface area contributed by atoms with Crippen LogP contribution in [0.25, 0.3) is 0 Å². The van der Waals surface area contributed by atoms with Crippen molar-refractivity contribution in [3.05, 3.63) is 65.5 Å². The first-order chi connectivity index (χ1) is 10.2. The third-order valence-corrected chi connectivity index (χ3v) is 3.92. The summed E-state index contributed by atoms with van der Waals surface area (Å²) in [4.78, 5) is 4.52. The Hall–Kier alpha value is -2.14. The number of aliphatic imine (C=N–C) groups is 1. The molecule has 0 radical (unpaired) electrons. The van der Waals surface area contributed by atoms with E-state index in [0.717, 1.165) is 22.1 Å². The zero-order chi connectivity index (χ0) is 14.7. The number of hydrogen-bond acceptors (Lipinski definition) is 3. The Morgan fingerprint density at radius 3 is 2.67 bits per heavy atom. The van der Waals surface area contributed by atoms with Gasteiger partial charge in [-0.3, -0.25) is 5.43 Å². The Balaban J connectivity index is 1.75. The number of benzene rings is 2. The zero-order valence-electron chi connectivity index (χ0n) is 11.5. The summed E-state index contributed by atoms with van der Waals surface area (Å²) >= 11 is 1.59. The zero-order valence-corrected chi connectivity index (χ0v) is 12.3. The van der Waals surface area contributed by atoms with Crippen molar-refractivity contribution in [3.8, 4) is 0 Å². The molecule has 106 valence electrons. The molecule has 5 heteroatoms. The molecule has 0 spiro atoms. The lowest BCUT2D eigenvalue weighted by Gasteiger charge is -2.14. The SMILES string of the molecule is Cc1cccc(N=C2NN=C(c3ccc(F)cc3)CS2)c1. The van der Waals surface area contributed by atoms with Crippen molar-refractivity contribution in [2.75, 3.05) is 5.75 Å². The molecule has 0 aromatic heterocycles. The lowest BCUT2D eigenvalue weighted by molar-refractivity contribution is 0.628. The maximum absolute atomic E-state index is 12.9. The number of nitrogens with one attached hydrogen (secondary N) is 1. The van der Waals surface area contributed by atoms with E-state index < -0.39 is 0 Å². The summed E-state index contributed by atoms with van der Waals surface area (Å²) in [7, 11) is 0. The maximum atomic E-state index is 12.9. The van der Waals surface area contributed by atoms with Crippen LogP contribution in [0, 0.1) is 12.7 Å². The molecule has 1 aliphatic rings. The minimum Gasteiger partial charge on any atom is -0.255 e. The van der Waals surface area contributed by atoms with Crippen LogP contribution in [-0.4, -0.2) is 16.6 Å². The van der Waals surface area contributed by atoms with Gasteiger partial charge in [0.25, 0.3) is 0 Å². The number of nitrogens with zero attached hydrogens (tertiary/aromatic N) is 2. The second-order valence-electron chi connectivity index (χ2n) is 4.72. The van der Waals surface area contributed by atoms with E-state index in [9.17, 15) is 4.39 Å². The third-order valence-electron chi connectivity index (χ3n) is 3.04. The summed E-state index contributed by atoms with van der Waals surface area (Å²) in [5.74, 6) is 0.473. The molecule has 0 aliphatic carbocycles. The molecule has 0 bridgehead atoms. The second-order valence-corrected chi connectivity index (χ2v) is 5.69. The molecule has 3 rings (SSSR count). The molecule has 0 saturated heterocycles. The first-order valence-corrected chi connectivity index (χ1v) is 7.56. The lowest BCUT2D eigenvalue weighted by Crippen LogP contribution is -2.25. The highest BCUT2D eigenvalue weighted by Gasteiger charge is 2.13. The standard InChI is InChI=1S/C16H14FN3S/c1-11-3-2-4-14(9-11)18-16-20-19-15(10-21-16)12-5-7-13(17)8-6-12/h2-9H,10H2,1H3,(H,18,20). The molecule has 2 aromatic rings. The topological polar surface area (TPSA) is 36.8 Å². The minimum atomic E-state index is -0.238. The Kier molecular flexibility index (Phi) is 4.01. The van der Waals surface area contributed by atoms with E-state index in [0.29, 0.717) is 5.75 Å². The van der Waals surface area contributed by atoms with Gasteiger partial charge in [0, 0.05) is 5.75 Å². The molecule has 1 N–H and O–H groups in total. The smallest absolute Gasteiger partial charge is 0.182 e. The van der Waals surface area contributed by atoms with E-state index in [2.05, 4.69) is 15.5 Å². The predicted molar refractivity (Wildman–Crippen MR) is 86.8 cm³/mol. The van der Waals surface area contributed by atoms with Crippen LogP contribution >= 0.6 is 11.8 Å². The number of hydrazone groups is 1. The van der Waals surface area contributed by atoms with Crippen molar-refractivity contribution >= 4 is 28.3 Å². The molecule has 0 fully saturated rings. The van der Waals surface area contributed by atoms with Crippen LogP contribution in [0.5, 0.6) is 0 Å². The summed E-state index contributed by atoms with van der Waals surface area (Å²) in [5, 5.41) is 5.09. The Morgan fingerprint density at radius 1 is 1.19 bits per heavy atom. The average molecular weight is 299 g/mol. The molecule has 1 aliphatic heterocycles. The van der Waals surface area contributed by atoms with Gasteiger partial charge in [0.05, 0.1) is 11.4 Å². The van der Waals surface area contributed by atoms with Crippen molar-refractivity contribution in [1.82, 2.24) is 5.43 Å². The number of hydrogen-bond donors (Lipinski definition) is 1. The van der Waals surface area contributed by atoms with Crippen LogP contribution in [0.3, 0.4) is 0 Å². The predicted octanol–water partition coefficient (Wildman–Crippen LogP) is 3.86. The number of amidine groups is 1. The summed E-state index contributed by atoms with van der Waals surface area (Å²) in [5.41, 5.74) is 6.85. The maximum Gasteiger partial charge on any atom is 0.182 e. The van der Waals surface area contributed by atoms with Gasteiger partial charge < -0.3 is 0 Å². The number of rotatable bonds is 2. The van der Waals surface area contributed by atoms with E-state index in [1.165, 1.54) is 17.7 Å². The fourth-order valence-corrected chi connectivity index (χ4v) is 2.76. The van der Waals surface area contributed by atoms with Crippen LogP contribution in [0.1, 0.15) is 11.1 Å². The van der Waals surface area contributed by atoms with Crippen LogP contribution in [0.15, 0.2) is 58.6 Å². The molecule has 2 aromatic carbocycles. The molecule has 21 heavy (non-hydrogen) atoms. The van der Waals surface area contributed by atoms with E-state index >= 15 is 0 Å². The van der Waals surface area contributed by atoms with Crippen molar-refractivity contribution in [2.24, 2.45) is 10.1 Å². The minimum absolute atomic E-state index is 0.238. The summed E-state index contributed by atoms with van der Waals surface area (Å²) in [6.45, 7) is 2.04. The number of halogens is 1. The molecule has 0 saturated carbocycles. The van der Waals surface area contributed by atoms with Crippen molar-refractivity contribution < 1.29 is 4.39 Å². The summed E-state index contributed by atoms with van der Waals surface area (Å²) in [6.07, 6.45) is 0. The molecule has 0 amide bonds. The molecule has 0 unspecified atom stereocenters. The largest absolute Gasteiger partial charge is 0.255 e. The van der Waals surface area contributed by atoms with E-state index in [4.69, 9.17) is 0 Å². The van der Waals surface area contributed by atoms with Gasteiger partial charge in [-0.2, -0.15) is 5.10 Å². The summed E-state index contributed by atoms with van der Waals surface area (Å²) in [6, 6.07) is 14.4. The third kappa shape index (κ3) is 3.49. The lowest BCUT2D eigenvalue weighted by atomic mass is 10.1. The first kappa shape index (κ1) is 13.8.